The van der Waals surface area contributed by atoms with Crippen LogP contribution >= 0.6 is 0 Å². The number of aryl methyl sites for hydroxylation is 1. The highest BCUT2D eigenvalue weighted by Gasteiger charge is 2.52. The molecule has 1 fully saturated rings. The van der Waals surface area contributed by atoms with Crippen molar-refractivity contribution in [2.24, 2.45) is 0 Å². The van der Waals surface area contributed by atoms with E-state index in [4.69, 9.17) is 0 Å². The summed E-state index contributed by atoms with van der Waals surface area (Å²) >= 11 is 0. The molecule has 1 saturated heterocycles. The van der Waals surface area contributed by atoms with Crippen LogP contribution in [0.1, 0.15) is 24.0 Å². The molecule has 25 heavy (non-hydrogen) atoms. The molecule has 0 bridgehead atoms. The van der Waals surface area contributed by atoms with E-state index >= 15 is 0 Å². The summed E-state index contributed by atoms with van der Waals surface area (Å²) in [6, 6.07) is 9.03. The number of urea groups is 1. The summed E-state index contributed by atoms with van der Waals surface area (Å²) < 4.78 is 44.1. The Morgan fingerprint density at radius 1 is 1.20 bits per heavy atom. The predicted molar refractivity (Wildman–Crippen MR) is 83.0 cm³/mol. The second-order valence-corrected chi connectivity index (χ2v) is 6.13. The van der Waals surface area contributed by atoms with E-state index in [1.54, 1.807) is 30.3 Å². The number of amides is 3. The average molecular weight is 352 g/mol. The number of hydrogen-bond acceptors (Lipinski definition) is 3. The first kappa shape index (κ1) is 17.1. The van der Waals surface area contributed by atoms with Gasteiger partial charge in [-0.2, -0.15) is 13.2 Å². The number of nitrogens with one attached hydrogen (secondary N) is 1. The molecule has 0 saturated carbocycles. The zero-order chi connectivity index (χ0) is 18.4. The second-order valence-electron chi connectivity index (χ2n) is 6.13. The van der Waals surface area contributed by atoms with Crippen molar-refractivity contribution in [3.63, 3.8) is 0 Å². The molecule has 3 rings (SSSR count). The molecule has 2 heterocycles. The minimum Gasteiger partial charge on any atom is -0.455 e. The Morgan fingerprint density at radius 3 is 2.44 bits per heavy atom. The summed E-state index contributed by atoms with van der Waals surface area (Å²) in [6.07, 6.45) is -4.66. The van der Waals surface area contributed by atoms with Gasteiger partial charge in [0, 0.05) is 12.5 Å². The van der Waals surface area contributed by atoms with Crippen LogP contribution < -0.4 is 10.2 Å². The number of imide groups is 1. The summed E-state index contributed by atoms with van der Waals surface area (Å²) in [4.78, 5) is 25.5. The monoisotopic (exact) mass is 352 g/mol. The minimum absolute atomic E-state index is 0.0420. The standard InChI is InChI=1S/C17H15F3N2O3/c1-10-8-12(13(25-10)17(18,19)20)22-14(23)16(2,21-15(22)24)9-11-6-4-3-5-7-11/h3-8H,9H2,1-2H3,(H,21,24). The van der Waals surface area contributed by atoms with Crippen molar-refractivity contribution in [3.05, 3.63) is 53.5 Å². The molecule has 5 nitrogen and oxygen atoms in total. The normalized spacial score (nSPS) is 20.9. The van der Waals surface area contributed by atoms with Gasteiger partial charge in [-0.05, 0) is 19.4 Å². The number of nitrogens with zero attached hydrogens (tertiary/aromatic N) is 1. The SMILES string of the molecule is Cc1cc(N2C(=O)NC(C)(Cc3ccccc3)C2=O)c(C(F)(F)F)o1. The Kier molecular flexibility index (Phi) is 3.85. The number of carbonyl (C=O) groups excluding carboxylic acids is 2. The maximum absolute atomic E-state index is 13.1. The van der Waals surface area contributed by atoms with Gasteiger partial charge in [0.1, 0.15) is 17.0 Å². The summed E-state index contributed by atoms with van der Waals surface area (Å²) in [5.74, 6) is -2.16. The Bertz CT molecular complexity index is 829. The zero-order valence-corrected chi connectivity index (χ0v) is 13.5. The van der Waals surface area contributed by atoms with Crippen LogP contribution in [0.4, 0.5) is 23.7 Å². The van der Waals surface area contributed by atoms with E-state index in [1.807, 2.05) is 0 Å². The van der Waals surface area contributed by atoms with E-state index in [-0.39, 0.29) is 12.2 Å². The molecule has 132 valence electrons. The highest BCUT2D eigenvalue weighted by atomic mass is 19.4. The quantitative estimate of drug-likeness (QED) is 0.858. The molecule has 2 aromatic rings. The highest BCUT2D eigenvalue weighted by Crippen LogP contribution is 2.41. The van der Waals surface area contributed by atoms with Crippen LogP contribution in [0.2, 0.25) is 0 Å². The fourth-order valence-electron chi connectivity index (χ4n) is 2.90. The average Bonchev–Trinajstić information content (AvgIpc) is 2.98. The van der Waals surface area contributed by atoms with Crippen LogP contribution in [0, 0.1) is 6.92 Å². The van der Waals surface area contributed by atoms with Crippen LogP contribution in [-0.2, 0) is 17.4 Å². The van der Waals surface area contributed by atoms with Crippen molar-refractivity contribution < 1.29 is 27.2 Å². The van der Waals surface area contributed by atoms with E-state index in [9.17, 15) is 22.8 Å². The van der Waals surface area contributed by atoms with Gasteiger partial charge >= 0.3 is 12.2 Å². The lowest BCUT2D eigenvalue weighted by Gasteiger charge is -2.21. The van der Waals surface area contributed by atoms with E-state index in [2.05, 4.69) is 9.73 Å². The van der Waals surface area contributed by atoms with Crippen LogP contribution in [-0.4, -0.2) is 17.5 Å². The Labute approximate surface area is 141 Å². The molecule has 0 spiro atoms. The van der Waals surface area contributed by atoms with Crippen molar-refractivity contribution in [2.75, 3.05) is 4.90 Å². The van der Waals surface area contributed by atoms with Gasteiger partial charge < -0.3 is 9.73 Å². The fourth-order valence-corrected chi connectivity index (χ4v) is 2.90. The molecule has 8 heteroatoms. The Hall–Kier alpha value is -2.77. The lowest BCUT2D eigenvalue weighted by Crippen LogP contribution is -2.46. The largest absolute Gasteiger partial charge is 0.455 e. The third kappa shape index (κ3) is 2.99. The van der Waals surface area contributed by atoms with Gasteiger partial charge in [-0.15, -0.1) is 0 Å². The third-order valence-corrected chi connectivity index (χ3v) is 4.00. The molecule has 1 aliphatic heterocycles. The van der Waals surface area contributed by atoms with Crippen LogP contribution in [0.25, 0.3) is 0 Å². The predicted octanol–water partition coefficient (Wildman–Crippen LogP) is 3.66. The van der Waals surface area contributed by atoms with Crippen molar-refractivity contribution in [1.82, 2.24) is 5.32 Å². The minimum atomic E-state index is -4.82. The molecule has 1 aromatic heterocycles. The van der Waals surface area contributed by atoms with Gasteiger partial charge in [0.25, 0.3) is 5.91 Å². The molecule has 1 N–H and O–H groups in total. The first-order chi connectivity index (χ1) is 11.6. The smallest absolute Gasteiger partial charge is 0.451 e. The topological polar surface area (TPSA) is 62.6 Å². The molecule has 0 radical (unpaired) electrons. The van der Waals surface area contributed by atoms with Crippen LogP contribution in [0.15, 0.2) is 40.8 Å². The molecule has 1 atom stereocenters. The molecule has 1 unspecified atom stereocenters. The van der Waals surface area contributed by atoms with Crippen molar-refractivity contribution in [1.29, 1.82) is 0 Å². The molecule has 0 aliphatic carbocycles. The van der Waals surface area contributed by atoms with Crippen LogP contribution in [0.3, 0.4) is 0 Å². The molecular weight excluding hydrogens is 337 g/mol. The molecule has 1 aromatic carbocycles. The van der Waals surface area contributed by atoms with Crippen molar-refractivity contribution in [3.8, 4) is 0 Å². The van der Waals surface area contributed by atoms with E-state index in [1.165, 1.54) is 13.8 Å². The highest BCUT2D eigenvalue weighted by molar-refractivity contribution is 6.23. The van der Waals surface area contributed by atoms with Gasteiger partial charge in [-0.1, -0.05) is 30.3 Å². The molecule has 1 aliphatic rings. The fraction of sp³-hybridized carbons (Fsp3) is 0.294. The van der Waals surface area contributed by atoms with Crippen LogP contribution in [0.5, 0.6) is 0 Å². The Balaban J connectivity index is 1.98. The van der Waals surface area contributed by atoms with E-state index in [0.29, 0.717) is 4.90 Å². The van der Waals surface area contributed by atoms with E-state index in [0.717, 1.165) is 11.6 Å². The maximum Gasteiger partial charge on any atom is 0.451 e. The van der Waals surface area contributed by atoms with Gasteiger partial charge in [-0.25, -0.2) is 9.69 Å². The third-order valence-electron chi connectivity index (χ3n) is 4.00. The lowest BCUT2D eigenvalue weighted by molar-refractivity contribution is -0.152. The second kappa shape index (κ2) is 5.65. The number of anilines is 1. The van der Waals surface area contributed by atoms with Gasteiger partial charge in [-0.3, -0.25) is 4.79 Å². The lowest BCUT2D eigenvalue weighted by atomic mass is 9.93. The van der Waals surface area contributed by atoms with Gasteiger partial charge in [0.2, 0.25) is 5.76 Å². The van der Waals surface area contributed by atoms with Gasteiger partial charge in [0.05, 0.1) is 0 Å². The van der Waals surface area contributed by atoms with Gasteiger partial charge in [0.15, 0.2) is 0 Å². The van der Waals surface area contributed by atoms with E-state index < -0.39 is 35.1 Å². The molecular formula is C17H15F3N2O3. The van der Waals surface area contributed by atoms with Crippen molar-refractivity contribution >= 4 is 17.6 Å². The number of rotatable bonds is 3. The summed E-state index contributed by atoms with van der Waals surface area (Å²) in [6.45, 7) is 2.81. The number of halogens is 3. The Morgan fingerprint density at radius 2 is 1.84 bits per heavy atom. The number of benzene rings is 1. The number of alkyl halides is 3. The number of carbonyl (C=O) groups is 2. The number of furan rings is 1. The maximum atomic E-state index is 13.1. The zero-order valence-electron chi connectivity index (χ0n) is 13.5. The molecule has 3 amide bonds. The summed E-state index contributed by atoms with van der Waals surface area (Å²) in [5, 5.41) is 2.49. The summed E-state index contributed by atoms with van der Waals surface area (Å²) in [7, 11) is 0. The first-order valence-electron chi connectivity index (χ1n) is 7.50. The van der Waals surface area contributed by atoms with Crippen molar-refractivity contribution in [2.45, 2.75) is 32.0 Å². The number of hydrogen-bond donors (Lipinski definition) is 1. The summed E-state index contributed by atoms with van der Waals surface area (Å²) in [5.41, 5.74) is -1.16. The first-order valence-corrected chi connectivity index (χ1v) is 7.50.